The van der Waals surface area contributed by atoms with Gasteiger partial charge in [0.2, 0.25) is 0 Å². The van der Waals surface area contributed by atoms with Gasteiger partial charge in [-0.1, -0.05) is 51.8 Å². The van der Waals surface area contributed by atoms with Gasteiger partial charge >= 0.3 is 11.8 Å². The average molecular weight is 556 g/mol. The molecule has 178 valence electrons. The molecule has 0 aliphatic carbocycles. The Balaban J connectivity index is 1.63. The van der Waals surface area contributed by atoms with Crippen molar-refractivity contribution >= 4 is 67.5 Å². The predicted molar refractivity (Wildman–Crippen MR) is 140 cm³/mol. The van der Waals surface area contributed by atoms with Gasteiger partial charge in [-0.3, -0.25) is 19.8 Å². The standard InChI is InChI=1S/C25H20BrClN4O4/c1-2-35-22-10-6-5-9-19(22)29-24(33)25(34)30-31-20-12-11-16(26)13-15(20)14-21(31)23(32)28-18-8-4-3-7-17(18)27/h3-14H,2H2,1H3,(H,28,32)(H,29,33)(H,30,34). The largest absolute Gasteiger partial charge is 0.492 e. The zero-order chi connectivity index (χ0) is 24.9. The summed E-state index contributed by atoms with van der Waals surface area (Å²) in [6, 6.07) is 20.5. The maximum atomic E-state index is 13.1. The molecule has 10 heteroatoms. The fourth-order valence-corrected chi connectivity index (χ4v) is 3.97. The average Bonchev–Trinajstić information content (AvgIpc) is 3.19. The number of halogens is 2. The maximum absolute atomic E-state index is 13.1. The van der Waals surface area contributed by atoms with Crippen LogP contribution in [0.4, 0.5) is 11.4 Å². The molecular weight excluding hydrogens is 536 g/mol. The SMILES string of the molecule is CCOc1ccccc1NC(=O)C(=O)Nn1c(C(=O)Nc2ccccc2Cl)cc2cc(Br)ccc21. The maximum Gasteiger partial charge on any atom is 0.328 e. The lowest BCUT2D eigenvalue weighted by Gasteiger charge is -2.14. The van der Waals surface area contributed by atoms with Crippen LogP contribution in [0.5, 0.6) is 5.75 Å². The van der Waals surface area contributed by atoms with Gasteiger partial charge in [0.15, 0.2) is 0 Å². The smallest absolute Gasteiger partial charge is 0.328 e. The van der Waals surface area contributed by atoms with E-state index in [1.54, 1.807) is 72.8 Å². The van der Waals surface area contributed by atoms with Crippen LogP contribution >= 0.6 is 27.5 Å². The second-order valence-corrected chi connectivity index (χ2v) is 8.65. The normalized spacial score (nSPS) is 10.6. The first kappa shape index (κ1) is 24.3. The molecule has 0 saturated heterocycles. The molecule has 0 saturated carbocycles. The Morgan fingerprint density at radius 2 is 1.63 bits per heavy atom. The van der Waals surface area contributed by atoms with Crippen LogP contribution in [0, 0.1) is 0 Å². The van der Waals surface area contributed by atoms with Gasteiger partial charge in [-0.05, 0) is 55.5 Å². The molecular formula is C25H20BrClN4O4. The predicted octanol–water partition coefficient (Wildman–Crippen LogP) is 5.42. The molecule has 0 aliphatic rings. The number of anilines is 2. The van der Waals surface area contributed by atoms with Gasteiger partial charge in [0.05, 0.1) is 28.5 Å². The second kappa shape index (κ2) is 10.6. The lowest BCUT2D eigenvalue weighted by Crippen LogP contribution is -2.36. The number of benzene rings is 3. The van der Waals surface area contributed by atoms with Gasteiger partial charge in [-0.2, -0.15) is 0 Å². The van der Waals surface area contributed by atoms with Gasteiger partial charge < -0.3 is 15.4 Å². The number of carbonyl (C=O) groups is 3. The summed E-state index contributed by atoms with van der Waals surface area (Å²) in [5, 5.41) is 6.32. The van der Waals surface area contributed by atoms with Crippen molar-refractivity contribution in [1.29, 1.82) is 0 Å². The number of amides is 3. The molecule has 0 bridgehead atoms. The summed E-state index contributed by atoms with van der Waals surface area (Å²) in [5.74, 6) is -1.97. The number of rotatable bonds is 6. The van der Waals surface area contributed by atoms with Crippen LogP contribution in [0.3, 0.4) is 0 Å². The van der Waals surface area contributed by atoms with Crippen molar-refractivity contribution in [1.82, 2.24) is 4.68 Å². The van der Waals surface area contributed by atoms with Gasteiger partial charge in [0.1, 0.15) is 11.4 Å². The highest BCUT2D eigenvalue weighted by molar-refractivity contribution is 9.10. The van der Waals surface area contributed by atoms with E-state index in [0.717, 1.165) is 4.47 Å². The van der Waals surface area contributed by atoms with E-state index in [2.05, 4.69) is 32.0 Å². The van der Waals surface area contributed by atoms with Gasteiger partial charge in [0.25, 0.3) is 5.91 Å². The van der Waals surface area contributed by atoms with Crippen LogP contribution in [0.15, 0.2) is 77.3 Å². The zero-order valence-electron chi connectivity index (χ0n) is 18.5. The highest BCUT2D eigenvalue weighted by Gasteiger charge is 2.22. The van der Waals surface area contributed by atoms with E-state index in [0.29, 0.717) is 39.7 Å². The Morgan fingerprint density at radius 1 is 0.914 bits per heavy atom. The van der Waals surface area contributed by atoms with Crippen LogP contribution in [-0.2, 0) is 9.59 Å². The molecule has 1 aromatic heterocycles. The summed E-state index contributed by atoms with van der Waals surface area (Å²) in [6.07, 6.45) is 0. The van der Waals surface area contributed by atoms with E-state index in [1.165, 1.54) is 4.68 Å². The van der Waals surface area contributed by atoms with Crippen LogP contribution in [0.1, 0.15) is 17.4 Å². The number of para-hydroxylation sites is 3. The Kier molecular flexibility index (Phi) is 7.38. The zero-order valence-corrected chi connectivity index (χ0v) is 20.8. The Morgan fingerprint density at radius 3 is 2.37 bits per heavy atom. The third-order valence-electron chi connectivity index (χ3n) is 4.97. The molecule has 3 amide bonds. The number of nitrogens with zero attached hydrogens (tertiary/aromatic N) is 1. The quantitative estimate of drug-likeness (QED) is 0.277. The molecule has 0 spiro atoms. The van der Waals surface area contributed by atoms with E-state index in [9.17, 15) is 14.4 Å². The van der Waals surface area contributed by atoms with E-state index in [4.69, 9.17) is 16.3 Å². The van der Waals surface area contributed by atoms with E-state index < -0.39 is 17.7 Å². The Labute approximate surface area is 214 Å². The third-order valence-corrected chi connectivity index (χ3v) is 5.80. The van der Waals surface area contributed by atoms with Gasteiger partial charge in [0, 0.05) is 9.86 Å². The number of nitrogens with one attached hydrogen (secondary N) is 3. The monoisotopic (exact) mass is 554 g/mol. The summed E-state index contributed by atoms with van der Waals surface area (Å²) in [7, 11) is 0. The Hall–Kier alpha value is -3.82. The van der Waals surface area contributed by atoms with Gasteiger partial charge in [-0.25, -0.2) is 4.68 Å². The number of fused-ring (bicyclic) bond motifs is 1. The molecule has 8 nitrogen and oxygen atoms in total. The minimum absolute atomic E-state index is 0.105. The molecule has 35 heavy (non-hydrogen) atoms. The van der Waals surface area contributed by atoms with Crippen LogP contribution < -0.4 is 20.8 Å². The van der Waals surface area contributed by atoms with Crippen molar-refractivity contribution < 1.29 is 19.1 Å². The first-order valence-corrected chi connectivity index (χ1v) is 11.8. The molecule has 0 fully saturated rings. The minimum Gasteiger partial charge on any atom is -0.492 e. The number of carbonyl (C=O) groups excluding carboxylic acids is 3. The number of aromatic nitrogens is 1. The molecule has 0 radical (unpaired) electrons. The van der Waals surface area contributed by atoms with Crippen LogP contribution in [-0.4, -0.2) is 29.0 Å². The molecule has 1 heterocycles. The minimum atomic E-state index is -0.969. The van der Waals surface area contributed by atoms with Crippen molar-refractivity contribution in [2.24, 2.45) is 0 Å². The number of ether oxygens (including phenoxy) is 1. The number of hydrogen-bond donors (Lipinski definition) is 3. The van der Waals surface area contributed by atoms with Crippen LogP contribution in [0.25, 0.3) is 10.9 Å². The molecule has 0 aliphatic heterocycles. The second-order valence-electron chi connectivity index (χ2n) is 7.33. The highest BCUT2D eigenvalue weighted by Crippen LogP contribution is 2.26. The van der Waals surface area contributed by atoms with Crippen molar-refractivity contribution in [3.05, 3.63) is 88.0 Å². The molecule has 4 rings (SSSR count). The van der Waals surface area contributed by atoms with Crippen LogP contribution in [0.2, 0.25) is 5.02 Å². The van der Waals surface area contributed by atoms with Crippen molar-refractivity contribution in [3.63, 3.8) is 0 Å². The summed E-state index contributed by atoms with van der Waals surface area (Å²) in [5.41, 5.74) is 3.91. The molecule has 0 unspecified atom stereocenters. The van der Waals surface area contributed by atoms with E-state index >= 15 is 0 Å². The van der Waals surface area contributed by atoms with E-state index in [-0.39, 0.29) is 5.69 Å². The van der Waals surface area contributed by atoms with E-state index in [1.807, 2.05) is 6.92 Å². The topological polar surface area (TPSA) is 101 Å². The third kappa shape index (κ3) is 5.47. The lowest BCUT2D eigenvalue weighted by molar-refractivity contribution is -0.133. The first-order valence-electron chi connectivity index (χ1n) is 10.6. The first-order chi connectivity index (χ1) is 16.9. The summed E-state index contributed by atoms with van der Waals surface area (Å²) in [4.78, 5) is 38.6. The Bertz CT molecular complexity index is 1440. The summed E-state index contributed by atoms with van der Waals surface area (Å²) in [6.45, 7) is 2.21. The number of hydrogen-bond acceptors (Lipinski definition) is 4. The van der Waals surface area contributed by atoms with Crippen molar-refractivity contribution in [2.75, 3.05) is 22.7 Å². The molecule has 3 N–H and O–H groups in total. The molecule has 4 aromatic rings. The molecule has 3 aromatic carbocycles. The summed E-state index contributed by atoms with van der Waals surface area (Å²) < 4.78 is 7.55. The van der Waals surface area contributed by atoms with Crippen molar-refractivity contribution in [3.8, 4) is 5.75 Å². The highest BCUT2D eigenvalue weighted by atomic mass is 79.9. The summed E-state index contributed by atoms with van der Waals surface area (Å²) >= 11 is 9.58. The fourth-order valence-electron chi connectivity index (χ4n) is 3.41. The lowest BCUT2D eigenvalue weighted by atomic mass is 10.2. The molecule has 0 atom stereocenters. The van der Waals surface area contributed by atoms with Crippen molar-refractivity contribution in [2.45, 2.75) is 6.92 Å². The van der Waals surface area contributed by atoms with Gasteiger partial charge in [-0.15, -0.1) is 0 Å². The fraction of sp³-hybridized carbons (Fsp3) is 0.0800.